The van der Waals surface area contributed by atoms with Gasteiger partial charge in [-0.15, -0.1) is 11.3 Å². The average Bonchev–Trinajstić information content (AvgIpc) is 3.03. The third-order valence-corrected chi connectivity index (χ3v) is 7.52. The van der Waals surface area contributed by atoms with Crippen molar-refractivity contribution in [3.63, 3.8) is 0 Å². The third kappa shape index (κ3) is 3.35. The highest BCUT2D eigenvalue weighted by atomic mass is 32.2. The predicted molar refractivity (Wildman–Crippen MR) is 93.4 cm³/mol. The molecule has 3 rings (SSSR count). The minimum atomic E-state index is -4.67. The Hall–Kier alpha value is -2.30. The number of benzene rings is 2. The molecule has 1 aromatic heterocycles. The van der Waals surface area contributed by atoms with Gasteiger partial charge in [0.1, 0.15) is 16.5 Å². The molecule has 0 spiro atoms. The highest BCUT2D eigenvalue weighted by Crippen LogP contribution is 2.33. The molecule has 0 unspecified atom stereocenters. The second kappa shape index (κ2) is 6.78. The van der Waals surface area contributed by atoms with Crippen LogP contribution in [0.15, 0.2) is 74.0 Å². The first-order valence-electron chi connectivity index (χ1n) is 7.06. The zero-order valence-corrected chi connectivity index (χ0v) is 15.3. The summed E-state index contributed by atoms with van der Waals surface area (Å²) in [6, 6.07) is 10.0. The van der Waals surface area contributed by atoms with Crippen LogP contribution < -0.4 is 4.72 Å². The fourth-order valence-corrected chi connectivity index (χ4v) is 6.14. The van der Waals surface area contributed by atoms with Crippen LogP contribution in [0.5, 0.6) is 0 Å². The van der Waals surface area contributed by atoms with E-state index in [9.17, 15) is 25.6 Å². The fraction of sp³-hybridized carbons (Fsp3) is 0. The first-order valence-corrected chi connectivity index (χ1v) is 11.0. The van der Waals surface area contributed by atoms with Crippen LogP contribution in [0.25, 0.3) is 0 Å². The summed E-state index contributed by atoms with van der Waals surface area (Å²) >= 11 is 0.938. The van der Waals surface area contributed by atoms with Crippen LogP contribution in [0.2, 0.25) is 0 Å². The smallest absolute Gasteiger partial charge is 0.267 e. The number of rotatable bonds is 5. The topological polar surface area (TPSA) is 80.3 Å². The predicted octanol–water partition coefficient (Wildman–Crippen LogP) is 3.66. The van der Waals surface area contributed by atoms with Crippen molar-refractivity contribution in [3.8, 4) is 0 Å². The van der Waals surface area contributed by atoms with Gasteiger partial charge < -0.3 is 0 Å². The van der Waals surface area contributed by atoms with E-state index in [-0.39, 0.29) is 15.5 Å². The number of halogens is 2. The van der Waals surface area contributed by atoms with Crippen LogP contribution in [0, 0.1) is 11.6 Å². The van der Waals surface area contributed by atoms with Gasteiger partial charge in [0.2, 0.25) is 9.84 Å². The Kier molecular flexibility index (Phi) is 4.82. The summed E-state index contributed by atoms with van der Waals surface area (Å²) in [6.07, 6.45) is 0. The summed E-state index contributed by atoms with van der Waals surface area (Å²) in [6.45, 7) is 0. The molecule has 1 heterocycles. The van der Waals surface area contributed by atoms with Gasteiger partial charge in [0, 0.05) is 10.8 Å². The van der Waals surface area contributed by atoms with Crippen LogP contribution in [0.3, 0.4) is 0 Å². The minimum absolute atomic E-state index is 0.0316. The van der Waals surface area contributed by atoms with E-state index in [1.807, 2.05) is 4.72 Å². The van der Waals surface area contributed by atoms with E-state index in [0.29, 0.717) is 0 Å². The molecule has 0 fully saturated rings. The average molecular weight is 415 g/mol. The molecule has 0 radical (unpaired) electrons. The van der Waals surface area contributed by atoms with Gasteiger partial charge in [-0.25, -0.2) is 25.6 Å². The zero-order chi connectivity index (χ0) is 18.9. The molecule has 136 valence electrons. The van der Waals surface area contributed by atoms with E-state index in [2.05, 4.69) is 0 Å². The second-order valence-corrected chi connectivity index (χ2v) is 9.40. The number of hydrogen-bond donors (Lipinski definition) is 1. The van der Waals surface area contributed by atoms with Crippen molar-refractivity contribution in [1.82, 2.24) is 0 Å². The molecule has 0 saturated heterocycles. The van der Waals surface area contributed by atoms with Crippen LogP contribution in [-0.4, -0.2) is 16.8 Å². The number of thiophene rings is 1. The highest BCUT2D eigenvalue weighted by molar-refractivity contribution is 7.93. The quantitative estimate of drug-likeness (QED) is 0.690. The molecule has 5 nitrogen and oxygen atoms in total. The molecule has 10 heteroatoms. The number of sulfonamides is 1. The molecule has 0 saturated carbocycles. The van der Waals surface area contributed by atoms with E-state index < -0.39 is 36.4 Å². The maximum atomic E-state index is 13.8. The van der Waals surface area contributed by atoms with Crippen LogP contribution in [0.1, 0.15) is 0 Å². The van der Waals surface area contributed by atoms with Gasteiger partial charge in [0.15, 0.2) is 4.90 Å². The maximum absolute atomic E-state index is 13.8. The van der Waals surface area contributed by atoms with Gasteiger partial charge in [0.05, 0.1) is 10.6 Å². The fourth-order valence-electron chi connectivity index (χ4n) is 2.23. The number of nitrogens with one attached hydrogen (secondary N) is 1. The van der Waals surface area contributed by atoms with E-state index in [0.717, 1.165) is 29.5 Å². The molecule has 0 aliphatic carbocycles. The summed E-state index contributed by atoms with van der Waals surface area (Å²) in [5.74, 6) is -2.56. The van der Waals surface area contributed by atoms with Crippen molar-refractivity contribution in [1.29, 1.82) is 0 Å². The monoisotopic (exact) mass is 415 g/mol. The Labute approximate surface area is 152 Å². The van der Waals surface area contributed by atoms with Gasteiger partial charge in [-0.05, 0) is 24.3 Å². The van der Waals surface area contributed by atoms with Crippen molar-refractivity contribution in [2.45, 2.75) is 14.7 Å². The lowest BCUT2D eigenvalue weighted by molar-refractivity contribution is 0.521. The summed E-state index contributed by atoms with van der Waals surface area (Å²) in [5, 5.41) is 2.49. The Morgan fingerprint density at radius 1 is 0.808 bits per heavy atom. The van der Waals surface area contributed by atoms with Gasteiger partial charge >= 0.3 is 0 Å². The van der Waals surface area contributed by atoms with E-state index >= 15 is 0 Å². The Balaban J connectivity index is 2.05. The number of sulfone groups is 1. The normalized spacial score (nSPS) is 12.1. The third-order valence-electron chi connectivity index (χ3n) is 3.40. The van der Waals surface area contributed by atoms with Crippen molar-refractivity contribution < 1.29 is 25.6 Å². The second-order valence-electron chi connectivity index (χ2n) is 5.12. The molecule has 0 amide bonds. The Morgan fingerprint density at radius 2 is 1.42 bits per heavy atom. The van der Waals surface area contributed by atoms with Crippen molar-refractivity contribution in [3.05, 3.63) is 70.9 Å². The lowest BCUT2D eigenvalue weighted by atomic mass is 10.3. The molecular formula is C16H11F2NO4S3. The number of anilines is 1. The van der Waals surface area contributed by atoms with E-state index in [1.165, 1.54) is 35.0 Å². The van der Waals surface area contributed by atoms with Crippen molar-refractivity contribution >= 4 is 36.9 Å². The van der Waals surface area contributed by atoms with E-state index in [4.69, 9.17) is 0 Å². The first kappa shape index (κ1) is 18.5. The SMILES string of the molecule is O=S(=O)(Nc1cscc1S(=O)(=O)c1ccccc1)c1c(F)cccc1F. The minimum Gasteiger partial charge on any atom is -0.277 e. The highest BCUT2D eigenvalue weighted by Gasteiger charge is 2.28. The van der Waals surface area contributed by atoms with Gasteiger partial charge in [0.25, 0.3) is 10.0 Å². The zero-order valence-electron chi connectivity index (χ0n) is 12.9. The lowest BCUT2D eigenvalue weighted by Crippen LogP contribution is -2.17. The largest absolute Gasteiger partial charge is 0.277 e. The molecule has 0 aliphatic rings. The Bertz CT molecular complexity index is 1140. The summed E-state index contributed by atoms with van der Waals surface area (Å²) in [4.78, 5) is -1.50. The van der Waals surface area contributed by atoms with Gasteiger partial charge in [-0.3, -0.25) is 4.72 Å². The molecule has 3 aromatic rings. The maximum Gasteiger partial charge on any atom is 0.267 e. The first-order chi connectivity index (χ1) is 12.2. The van der Waals surface area contributed by atoms with Gasteiger partial charge in [-0.2, -0.15) is 0 Å². The van der Waals surface area contributed by atoms with Crippen molar-refractivity contribution in [2.75, 3.05) is 4.72 Å². The molecule has 0 bridgehead atoms. The van der Waals surface area contributed by atoms with Crippen LogP contribution >= 0.6 is 11.3 Å². The standard InChI is InChI=1S/C16H11F2NO4S3/c17-12-7-4-8-13(18)16(12)26(22,23)19-14-9-24-10-15(14)25(20,21)11-5-2-1-3-6-11/h1-10,19H. The molecular weight excluding hydrogens is 404 g/mol. The molecule has 0 aliphatic heterocycles. The van der Waals surface area contributed by atoms with Gasteiger partial charge in [-0.1, -0.05) is 24.3 Å². The number of hydrogen-bond acceptors (Lipinski definition) is 5. The molecule has 2 aromatic carbocycles. The van der Waals surface area contributed by atoms with E-state index in [1.54, 1.807) is 6.07 Å². The molecule has 0 atom stereocenters. The summed E-state index contributed by atoms with van der Waals surface area (Å²) in [7, 11) is -8.67. The van der Waals surface area contributed by atoms with Crippen molar-refractivity contribution in [2.24, 2.45) is 0 Å². The lowest BCUT2D eigenvalue weighted by Gasteiger charge is -2.11. The van der Waals surface area contributed by atoms with Crippen LogP contribution in [-0.2, 0) is 19.9 Å². The Morgan fingerprint density at radius 3 is 2.04 bits per heavy atom. The molecule has 1 N–H and O–H groups in total. The summed E-state index contributed by atoms with van der Waals surface area (Å²) in [5.41, 5.74) is -0.276. The van der Waals surface area contributed by atoms with Crippen LogP contribution in [0.4, 0.5) is 14.5 Å². The molecule has 26 heavy (non-hydrogen) atoms. The summed E-state index contributed by atoms with van der Waals surface area (Å²) < 4.78 is 79.7.